The van der Waals surface area contributed by atoms with Crippen LogP contribution in [0.15, 0.2) is 18.2 Å². The summed E-state index contributed by atoms with van der Waals surface area (Å²) in [6.45, 7) is 2.17. The molecule has 0 spiro atoms. The molecule has 4 rings (SSSR count). The summed E-state index contributed by atoms with van der Waals surface area (Å²) in [5.74, 6) is 2.62. The molecule has 0 bridgehead atoms. The van der Waals surface area contributed by atoms with E-state index in [1.54, 1.807) is 5.56 Å². The van der Waals surface area contributed by atoms with Crippen LogP contribution in [-0.2, 0) is 0 Å². The zero-order chi connectivity index (χ0) is 12.8. The minimum atomic E-state index is 0.624. The highest BCUT2D eigenvalue weighted by atomic mass is 16.5. The van der Waals surface area contributed by atoms with Crippen LogP contribution < -0.4 is 4.74 Å². The molecule has 2 heterocycles. The van der Waals surface area contributed by atoms with Crippen LogP contribution in [0.5, 0.6) is 5.75 Å². The van der Waals surface area contributed by atoms with Gasteiger partial charge in [0.2, 0.25) is 0 Å². The Labute approximate surface area is 115 Å². The van der Waals surface area contributed by atoms with Crippen LogP contribution in [-0.4, -0.2) is 31.1 Å². The number of nitrogens with zero attached hydrogens (tertiary/aromatic N) is 1. The zero-order valence-corrected chi connectivity index (χ0v) is 11.8. The second-order valence-electron chi connectivity index (χ2n) is 6.59. The van der Waals surface area contributed by atoms with Crippen molar-refractivity contribution in [2.75, 3.05) is 20.2 Å². The van der Waals surface area contributed by atoms with E-state index < -0.39 is 0 Å². The SMILES string of the molecule is CN1CCC[C@@H]1C[C@H]1COc2ccc(C3CC3)cc21. The van der Waals surface area contributed by atoms with Gasteiger partial charge in [-0.1, -0.05) is 12.1 Å². The lowest BCUT2D eigenvalue weighted by atomic mass is 9.91. The molecule has 1 aliphatic carbocycles. The van der Waals surface area contributed by atoms with Crippen molar-refractivity contribution in [2.45, 2.75) is 50.0 Å². The fourth-order valence-electron chi connectivity index (χ4n) is 3.77. The van der Waals surface area contributed by atoms with E-state index in [4.69, 9.17) is 4.74 Å². The van der Waals surface area contributed by atoms with Gasteiger partial charge in [-0.05, 0) is 63.2 Å². The highest BCUT2D eigenvalue weighted by molar-refractivity contribution is 5.44. The lowest BCUT2D eigenvalue weighted by Crippen LogP contribution is -2.27. The van der Waals surface area contributed by atoms with E-state index >= 15 is 0 Å². The molecule has 19 heavy (non-hydrogen) atoms. The van der Waals surface area contributed by atoms with E-state index in [2.05, 4.69) is 30.1 Å². The van der Waals surface area contributed by atoms with Crippen LogP contribution in [0.3, 0.4) is 0 Å². The predicted molar refractivity (Wildman–Crippen MR) is 76.9 cm³/mol. The lowest BCUT2D eigenvalue weighted by Gasteiger charge is -2.22. The third-order valence-corrected chi connectivity index (χ3v) is 5.19. The van der Waals surface area contributed by atoms with E-state index in [0.29, 0.717) is 5.92 Å². The number of hydrogen-bond acceptors (Lipinski definition) is 2. The first-order chi connectivity index (χ1) is 9.31. The molecule has 2 heteroatoms. The van der Waals surface area contributed by atoms with E-state index in [-0.39, 0.29) is 0 Å². The largest absolute Gasteiger partial charge is 0.493 e. The Morgan fingerprint density at radius 1 is 1.26 bits per heavy atom. The van der Waals surface area contributed by atoms with Crippen LogP contribution in [0.1, 0.15) is 55.1 Å². The summed E-state index contributed by atoms with van der Waals surface area (Å²) in [6, 6.07) is 7.70. The Bertz CT molecular complexity index is 480. The molecule has 2 fully saturated rings. The number of benzene rings is 1. The van der Waals surface area contributed by atoms with Gasteiger partial charge < -0.3 is 9.64 Å². The fourth-order valence-corrected chi connectivity index (χ4v) is 3.77. The van der Waals surface area contributed by atoms with Gasteiger partial charge in [-0.15, -0.1) is 0 Å². The van der Waals surface area contributed by atoms with Gasteiger partial charge in [0.25, 0.3) is 0 Å². The van der Waals surface area contributed by atoms with Crippen molar-refractivity contribution in [1.29, 1.82) is 0 Å². The lowest BCUT2D eigenvalue weighted by molar-refractivity contribution is 0.257. The highest BCUT2D eigenvalue weighted by Crippen LogP contribution is 2.45. The smallest absolute Gasteiger partial charge is 0.122 e. The summed E-state index contributed by atoms with van der Waals surface area (Å²) in [6.07, 6.45) is 6.78. The Balaban J connectivity index is 1.55. The second-order valence-corrected chi connectivity index (χ2v) is 6.59. The molecule has 2 atom stereocenters. The fraction of sp³-hybridized carbons (Fsp3) is 0.647. The average molecular weight is 257 g/mol. The van der Waals surface area contributed by atoms with E-state index in [1.807, 2.05) is 0 Å². The minimum absolute atomic E-state index is 0.624. The maximum Gasteiger partial charge on any atom is 0.122 e. The number of likely N-dealkylation sites (tertiary alicyclic amines) is 1. The summed E-state index contributed by atoms with van der Waals surface area (Å²) < 4.78 is 5.89. The zero-order valence-electron chi connectivity index (χ0n) is 11.8. The number of rotatable bonds is 3. The molecule has 1 aromatic rings. The Morgan fingerprint density at radius 3 is 2.89 bits per heavy atom. The van der Waals surface area contributed by atoms with Crippen LogP contribution in [0.2, 0.25) is 0 Å². The first-order valence-electron chi connectivity index (χ1n) is 7.78. The van der Waals surface area contributed by atoms with Crippen molar-refractivity contribution in [3.63, 3.8) is 0 Å². The van der Waals surface area contributed by atoms with Crippen molar-refractivity contribution >= 4 is 0 Å². The molecular formula is C17H23NO. The summed E-state index contributed by atoms with van der Waals surface area (Å²) in [4.78, 5) is 2.53. The summed E-state index contributed by atoms with van der Waals surface area (Å²) in [7, 11) is 2.27. The minimum Gasteiger partial charge on any atom is -0.493 e. The van der Waals surface area contributed by atoms with Gasteiger partial charge in [-0.3, -0.25) is 0 Å². The quantitative estimate of drug-likeness (QED) is 0.821. The summed E-state index contributed by atoms with van der Waals surface area (Å²) >= 11 is 0. The molecule has 0 radical (unpaired) electrons. The Hall–Kier alpha value is -1.02. The van der Waals surface area contributed by atoms with E-state index in [0.717, 1.165) is 24.3 Å². The van der Waals surface area contributed by atoms with Gasteiger partial charge in [-0.2, -0.15) is 0 Å². The standard InChI is InChI=1S/C17H23NO/c1-18-8-2-3-15(18)9-14-11-19-17-7-6-13(10-16(14)17)12-4-5-12/h6-7,10,12,14-15H,2-5,8-9,11H2,1H3/t14-,15+/m0/s1. The van der Waals surface area contributed by atoms with Crippen molar-refractivity contribution in [2.24, 2.45) is 0 Å². The van der Waals surface area contributed by atoms with Crippen molar-refractivity contribution < 1.29 is 4.74 Å². The Kier molecular flexibility index (Phi) is 2.80. The number of ether oxygens (including phenoxy) is 1. The van der Waals surface area contributed by atoms with Gasteiger partial charge >= 0.3 is 0 Å². The first-order valence-corrected chi connectivity index (χ1v) is 7.78. The molecule has 0 aromatic heterocycles. The van der Waals surface area contributed by atoms with Crippen LogP contribution in [0, 0.1) is 0 Å². The maximum atomic E-state index is 5.89. The molecule has 0 unspecified atom stereocenters. The third-order valence-electron chi connectivity index (χ3n) is 5.19. The van der Waals surface area contributed by atoms with E-state index in [9.17, 15) is 0 Å². The predicted octanol–water partition coefficient (Wildman–Crippen LogP) is 3.52. The topological polar surface area (TPSA) is 12.5 Å². The van der Waals surface area contributed by atoms with Crippen molar-refractivity contribution in [3.8, 4) is 5.75 Å². The van der Waals surface area contributed by atoms with Gasteiger partial charge in [0.05, 0.1) is 6.61 Å². The second kappa shape index (κ2) is 4.52. The van der Waals surface area contributed by atoms with Crippen LogP contribution in [0.4, 0.5) is 0 Å². The van der Waals surface area contributed by atoms with Gasteiger partial charge in [-0.25, -0.2) is 0 Å². The van der Waals surface area contributed by atoms with E-state index in [1.165, 1.54) is 44.2 Å². The molecule has 0 amide bonds. The monoisotopic (exact) mass is 257 g/mol. The molecular weight excluding hydrogens is 234 g/mol. The molecule has 2 aliphatic heterocycles. The van der Waals surface area contributed by atoms with Crippen molar-refractivity contribution in [3.05, 3.63) is 29.3 Å². The van der Waals surface area contributed by atoms with Gasteiger partial charge in [0, 0.05) is 17.5 Å². The normalized spacial score (nSPS) is 30.4. The summed E-state index contributed by atoms with van der Waals surface area (Å²) in [5, 5.41) is 0. The molecule has 1 saturated carbocycles. The summed E-state index contributed by atoms with van der Waals surface area (Å²) in [5.41, 5.74) is 3.04. The third kappa shape index (κ3) is 2.16. The molecule has 1 saturated heterocycles. The van der Waals surface area contributed by atoms with Crippen LogP contribution in [0.25, 0.3) is 0 Å². The van der Waals surface area contributed by atoms with Crippen LogP contribution >= 0.6 is 0 Å². The molecule has 102 valence electrons. The first kappa shape index (κ1) is 11.8. The van der Waals surface area contributed by atoms with Crippen molar-refractivity contribution in [1.82, 2.24) is 4.90 Å². The Morgan fingerprint density at radius 2 is 2.16 bits per heavy atom. The maximum absolute atomic E-state index is 5.89. The number of hydrogen-bond donors (Lipinski definition) is 0. The molecule has 3 aliphatic rings. The van der Waals surface area contributed by atoms with Gasteiger partial charge in [0.1, 0.15) is 5.75 Å². The molecule has 0 N–H and O–H groups in total. The van der Waals surface area contributed by atoms with Gasteiger partial charge in [0.15, 0.2) is 0 Å². The average Bonchev–Trinajstić information content (AvgIpc) is 3.09. The number of fused-ring (bicyclic) bond motifs is 1. The highest BCUT2D eigenvalue weighted by Gasteiger charge is 2.32. The molecule has 1 aromatic carbocycles. The molecule has 2 nitrogen and oxygen atoms in total.